The van der Waals surface area contributed by atoms with Crippen molar-refractivity contribution in [3.05, 3.63) is 34.9 Å². The molecule has 5 rings (SSSR count). The van der Waals surface area contributed by atoms with Crippen molar-refractivity contribution < 1.29 is 38.7 Å². The summed E-state index contributed by atoms with van der Waals surface area (Å²) in [6, 6.07) is 4.04. The fraction of sp³-hybridized carbons (Fsp3) is 0.630. The zero-order valence-electron chi connectivity index (χ0n) is 21.3. The van der Waals surface area contributed by atoms with Gasteiger partial charge in [-0.15, -0.1) is 0 Å². The SMILES string of the molecule is COC(=O)CC(O)(CC(C)(C)O)C(=O)OC1C(C)=CC23CCCN2CCc2cc4c(cc2C13)OCO4. The van der Waals surface area contributed by atoms with Crippen LogP contribution in [0.15, 0.2) is 23.8 Å². The van der Waals surface area contributed by atoms with Gasteiger partial charge >= 0.3 is 11.9 Å². The smallest absolute Gasteiger partial charge is 0.339 e. The first-order valence-electron chi connectivity index (χ1n) is 12.6. The molecule has 0 bridgehead atoms. The number of fused-ring (bicyclic) bond motifs is 3. The number of rotatable bonds is 6. The Morgan fingerprint density at radius 2 is 1.92 bits per heavy atom. The molecule has 1 saturated heterocycles. The maximum atomic E-state index is 13.6. The number of aliphatic hydroxyl groups is 2. The van der Waals surface area contributed by atoms with Gasteiger partial charge in [-0.3, -0.25) is 9.69 Å². The maximum Gasteiger partial charge on any atom is 0.339 e. The number of carbonyl (C=O) groups excluding carboxylic acids is 2. The van der Waals surface area contributed by atoms with Gasteiger partial charge in [0.05, 0.1) is 24.7 Å². The molecule has 4 unspecified atom stereocenters. The van der Waals surface area contributed by atoms with Crippen LogP contribution in [0.5, 0.6) is 11.5 Å². The first-order chi connectivity index (χ1) is 17.0. The minimum atomic E-state index is -2.24. The number of carbonyl (C=O) groups is 2. The summed E-state index contributed by atoms with van der Waals surface area (Å²) in [5, 5.41) is 21.7. The largest absolute Gasteiger partial charge is 0.469 e. The van der Waals surface area contributed by atoms with Crippen LogP contribution in [0.4, 0.5) is 0 Å². The highest BCUT2D eigenvalue weighted by atomic mass is 16.7. The average molecular weight is 502 g/mol. The van der Waals surface area contributed by atoms with Crippen LogP contribution < -0.4 is 9.47 Å². The van der Waals surface area contributed by atoms with Gasteiger partial charge in [-0.1, -0.05) is 6.08 Å². The van der Waals surface area contributed by atoms with Crippen LogP contribution in [0.2, 0.25) is 0 Å². The number of esters is 2. The summed E-state index contributed by atoms with van der Waals surface area (Å²) in [6.07, 6.45) is 3.38. The molecule has 9 nitrogen and oxygen atoms in total. The lowest BCUT2D eigenvalue weighted by Crippen LogP contribution is -2.51. The number of nitrogens with zero attached hydrogens (tertiary/aromatic N) is 1. The second kappa shape index (κ2) is 8.75. The van der Waals surface area contributed by atoms with Crippen molar-refractivity contribution in [2.24, 2.45) is 0 Å². The Morgan fingerprint density at radius 1 is 1.19 bits per heavy atom. The molecule has 3 aliphatic heterocycles. The molecule has 0 amide bonds. The van der Waals surface area contributed by atoms with E-state index in [1.807, 2.05) is 19.1 Å². The maximum absolute atomic E-state index is 13.6. The van der Waals surface area contributed by atoms with Crippen LogP contribution in [-0.4, -0.2) is 76.9 Å². The van der Waals surface area contributed by atoms with E-state index in [1.165, 1.54) is 21.0 Å². The van der Waals surface area contributed by atoms with E-state index in [9.17, 15) is 19.8 Å². The predicted octanol–water partition coefficient (Wildman–Crippen LogP) is 2.22. The highest BCUT2D eigenvalue weighted by molar-refractivity contribution is 5.86. The summed E-state index contributed by atoms with van der Waals surface area (Å²) in [6.45, 7) is 6.88. The van der Waals surface area contributed by atoms with E-state index in [0.717, 1.165) is 54.8 Å². The molecular weight excluding hydrogens is 466 g/mol. The zero-order valence-corrected chi connectivity index (χ0v) is 21.3. The quantitative estimate of drug-likeness (QED) is 0.447. The van der Waals surface area contributed by atoms with Crippen molar-refractivity contribution in [2.45, 2.75) is 81.6 Å². The van der Waals surface area contributed by atoms with Gasteiger partial charge in [-0.05, 0) is 75.4 Å². The minimum absolute atomic E-state index is 0.174. The summed E-state index contributed by atoms with van der Waals surface area (Å²) in [5.41, 5.74) is -0.894. The molecule has 0 saturated carbocycles. The van der Waals surface area contributed by atoms with Crippen LogP contribution >= 0.6 is 0 Å². The van der Waals surface area contributed by atoms with E-state index < -0.39 is 35.7 Å². The summed E-state index contributed by atoms with van der Waals surface area (Å²) in [5.74, 6) is -0.516. The Balaban J connectivity index is 1.54. The Bertz CT molecular complexity index is 1110. The lowest BCUT2D eigenvalue weighted by Gasteiger charge is -2.40. The van der Waals surface area contributed by atoms with E-state index in [0.29, 0.717) is 5.75 Å². The van der Waals surface area contributed by atoms with Crippen molar-refractivity contribution >= 4 is 11.9 Å². The molecule has 0 radical (unpaired) electrons. The van der Waals surface area contributed by atoms with Gasteiger partial charge < -0.3 is 29.2 Å². The van der Waals surface area contributed by atoms with Crippen LogP contribution in [0, 0.1) is 0 Å². The molecule has 1 aliphatic carbocycles. The van der Waals surface area contributed by atoms with Gasteiger partial charge in [0.25, 0.3) is 0 Å². The fourth-order valence-corrected chi connectivity index (χ4v) is 6.66. The van der Waals surface area contributed by atoms with Gasteiger partial charge in [-0.2, -0.15) is 0 Å². The normalized spacial score (nSPS) is 28.3. The van der Waals surface area contributed by atoms with Crippen LogP contribution in [-0.2, 0) is 25.5 Å². The molecule has 3 heterocycles. The monoisotopic (exact) mass is 501 g/mol. The topological polar surface area (TPSA) is 115 Å². The number of hydrogen-bond acceptors (Lipinski definition) is 9. The molecule has 0 aromatic heterocycles. The lowest BCUT2D eigenvalue weighted by molar-refractivity contribution is -0.182. The Kier molecular flexibility index (Phi) is 6.08. The van der Waals surface area contributed by atoms with Gasteiger partial charge in [0.2, 0.25) is 6.79 Å². The van der Waals surface area contributed by atoms with Crippen LogP contribution in [0.25, 0.3) is 0 Å². The highest BCUT2D eigenvalue weighted by Gasteiger charge is 2.57. The van der Waals surface area contributed by atoms with E-state index >= 15 is 0 Å². The van der Waals surface area contributed by atoms with Crippen molar-refractivity contribution in [2.75, 3.05) is 27.0 Å². The first-order valence-corrected chi connectivity index (χ1v) is 12.6. The molecule has 1 aromatic carbocycles. The number of methoxy groups -OCH3 is 1. The first kappa shape index (κ1) is 25.0. The predicted molar refractivity (Wildman–Crippen MR) is 129 cm³/mol. The summed E-state index contributed by atoms with van der Waals surface area (Å²) < 4.78 is 22.1. The van der Waals surface area contributed by atoms with Crippen LogP contribution in [0.3, 0.4) is 0 Å². The van der Waals surface area contributed by atoms with Gasteiger partial charge in [0, 0.05) is 18.9 Å². The molecule has 1 spiro atoms. The number of benzene rings is 1. The molecular formula is C27H35NO8. The molecule has 36 heavy (non-hydrogen) atoms. The Hall–Kier alpha value is -2.62. The van der Waals surface area contributed by atoms with E-state index in [-0.39, 0.29) is 24.7 Å². The molecule has 4 aliphatic rings. The van der Waals surface area contributed by atoms with Gasteiger partial charge in [-0.25, -0.2) is 4.79 Å². The standard InChI is InChI=1S/C27H35NO8/c1-16-12-26-7-5-8-28(26)9-6-17-10-19-20(35-15-34-19)11-18(17)22(26)23(16)36-24(30)27(32,13-21(29)33-4)14-25(2,3)31/h10-12,22-23,31-32H,5-9,13-15H2,1-4H3. The summed E-state index contributed by atoms with van der Waals surface area (Å²) >= 11 is 0. The molecule has 2 N–H and O–H groups in total. The van der Waals surface area contributed by atoms with Gasteiger partial charge in [0.15, 0.2) is 17.1 Å². The highest BCUT2D eigenvalue weighted by Crippen LogP contribution is 2.55. The van der Waals surface area contributed by atoms with Crippen molar-refractivity contribution in [1.82, 2.24) is 4.90 Å². The Morgan fingerprint density at radius 3 is 2.61 bits per heavy atom. The number of ether oxygens (including phenoxy) is 4. The third-order valence-corrected chi connectivity index (χ3v) is 7.99. The van der Waals surface area contributed by atoms with E-state index in [1.54, 1.807) is 0 Å². The lowest BCUT2D eigenvalue weighted by atomic mass is 9.77. The third kappa shape index (κ3) is 4.17. The molecule has 4 atom stereocenters. The molecule has 9 heteroatoms. The van der Waals surface area contributed by atoms with E-state index in [2.05, 4.69) is 11.0 Å². The van der Waals surface area contributed by atoms with Crippen molar-refractivity contribution in [1.29, 1.82) is 0 Å². The molecule has 1 fully saturated rings. The molecule has 196 valence electrons. The fourth-order valence-electron chi connectivity index (χ4n) is 6.66. The van der Waals surface area contributed by atoms with E-state index in [4.69, 9.17) is 18.9 Å². The van der Waals surface area contributed by atoms with Crippen LogP contribution in [0.1, 0.15) is 63.5 Å². The Labute approximate surface area is 211 Å². The summed E-state index contributed by atoms with van der Waals surface area (Å²) in [7, 11) is 1.19. The zero-order chi connectivity index (χ0) is 25.9. The minimum Gasteiger partial charge on any atom is -0.469 e. The summed E-state index contributed by atoms with van der Waals surface area (Å²) in [4.78, 5) is 28.1. The van der Waals surface area contributed by atoms with Crippen molar-refractivity contribution in [3.63, 3.8) is 0 Å². The number of hydrogen-bond donors (Lipinski definition) is 2. The average Bonchev–Trinajstić information content (AvgIpc) is 3.46. The third-order valence-electron chi connectivity index (χ3n) is 7.99. The second-order valence-electron chi connectivity index (χ2n) is 11.2. The second-order valence-corrected chi connectivity index (χ2v) is 11.2. The van der Waals surface area contributed by atoms with Gasteiger partial charge in [0.1, 0.15) is 6.10 Å². The van der Waals surface area contributed by atoms with Crippen molar-refractivity contribution in [3.8, 4) is 11.5 Å². The molecule has 1 aromatic rings.